The van der Waals surface area contributed by atoms with Crippen LogP contribution in [0, 0.1) is 6.92 Å². The van der Waals surface area contributed by atoms with Crippen molar-refractivity contribution in [3.63, 3.8) is 0 Å². The SMILES string of the molecule is Cc1ccc(Nc2cc(-c3ccccc3)nc(NCCO)n2)cc1. The first-order valence-corrected chi connectivity index (χ1v) is 7.87. The van der Waals surface area contributed by atoms with Crippen LogP contribution in [-0.2, 0) is 0 Å². The fraction of sp³-hybridized carbons (Fsp3) is 0.158. The second-order valence-corrected chi connectivity index (χ2v) is 5.47. The molecule has 0 saturated carbocycles. The van der Waals surface area contributed by atoms with E-state index in [0.29, 0.717) is 18.3 Å². The van der Waals surface area contributed by atoms with E-state index in [-0.39, 0.29) is 6.61 Å². The highest BCUT2D eigenvalue weighted by Gasteiger charge is 2.07. The quantitative estimate of drug-likeness (QED) is 0.647. The maximum Gasteiger partial charge on any atom is 0.225 e. The van der Waals surface area contributed by atoms with Gasteiger partial charge in [-0.15, -0.1) is 0 Å². The monoisotopic (exact) mass is 320 g/mol. The molecule has 1 heterocycles. The average Bonchev–Trinajstić information content (AvgIpc) is 2.62. The standard InChI is InChI=1S/C19H20N4O/c1-14-7-9-16(10-8-14)21-18-13-17(15-5-3-2-4-6-15)22-19(23-18)20-11-12-24/h2-10,13,24H,11-12H2,1H3,(H2,20,21,22,23). The van der Waals surface area contributed by atoms with Crippen LogP contribution < -0.4 is 10.6 Å². The van der Waals surface area contributed by atoms with Gasteiger partial charge in [0.25, 0.3) is 0 Å². The molecule has 3 N–H and O–H groups in total. The van der Waals surface area contributed by atoms with Crippen molar-refractivity contribution >= 4 is 17.5 Å². The van der Waals surface area contributed by atoms with Crippen LogP contribution in [-0.4, -0.2) is 28.2 Å². The molecule has 5 nitrogen and oxygen atoms in total. The molecular formula is C19H20N4O. The summed E-state index contributed by atoms with van der Waals surface area (Å²) in [5.74, 6) is 1.19. The maximum absolute atomic E-state index is 9.01. The number of aliphatic hydroxyl groups is 1. The number of benzene rings is 2. The minimum Gasteiger partial charge on any atom is -0.395 e. The first-order chi connectivity index (χ1) is 11.7. The van der Waals surface area contributed by atoms with Gasteiger partial charge in [0.15, 0.2) is 0 Å². The first-order valence-electron chi connectivity index (χ1n) is 7.87. The summed E-state index contributed by atoms with van der Waals surface area (Å²) < 4.78 is 0. The minimum absolute atomic E-state index is 0.0274. The van der Waals surface area contributed by atoms with E-state index in [4.69, 9.17) is 5.11 Å². The molecule has 24 heavy (non-hydrogen) atoms. The largest absolute Gasteiger partial charge is 0.395 e. The van der Waals surface area contributed by atoms with E-state index in [1.807, 2.05) is 60.7 Å². The number of nitrogens with zero attached hydrogens (tertiary/aromatic N) is 2. The molecule has 5 heteroatoms. The Labute approximate surface area is 141 Å². The number of aliphatic hydroxyl groups excluding tert-OH is 1. The van der Waals surface area contributed by atoms with Gasteiger partial charge in [-0.3, -0.25) is 0 Å². The van der Waals surface area contributed by atoms with Gasteiger partial charge in [0.2, 0.25) is 5.95 Å². The normalized spacial score (nSPS) is 10.4. The van der Waals surface area contributed by atoms with Gasteiger partial charge in [-0.1, -0.05) is 48.0 Å². The molecule has 0 amide bonds. The van der Waals surface area contributed by atoms with Crippen LogP contribution >= 0.6 is 0 Å². The number of aromatic nitrogens is 2. The maximum atomic E-state index is 9.01. The van der Waals surface area contributed by atoms with Gasteiger partial charge < -0.3 is 15.7 Å². The smallest absolute Gasteiger partial charge is 0.225 e. The van der Waals surface area contributed by atoms with Crippen LogP contribution in [0.5, 0.6) is 0 Å². The highest BCUT2D eigenvalue weighted by Crippen LogP contribution is 2.23. The number of hydrogen-bond donors (Lipinski definition) is 3. The van der Waals surface area contributed by atoms with Crippen LogP contribution in [0.2, 0.25) is 0 Å². The number of aryl methyl sites for hydroxylation is 1. The summed E-state index contributed by atoms with van der Waals surface area (Å²) in [5.41, 5.74) is 4.00. The summed E-state index contributed by atoms with van der Waals surface area (Å²) in [6, 6.07) is 20.0. The predicted molar refractivity (Wildman–Crippen MR) is 97.5 cm³/mol. The Morgan fingerprint density at radius 3 is 2.42 bits per heavy atom. The Hall–Kier alpha value is -2.92. The molecular weight excluding hydrogens is 300 g/mol. The molecule has 0 radical (unpaired) electrons. The topological polar surface area (TPSA) is 70.1 Å². The second-order valence-electron chi connectivity index (χ2n) is 5.47. The van der Waals surface area contributed by atoms with E-state index < -0.39 is 0 Å². The lowest BCUT2D eigenvalue weighted by Gasteiger charge is -2.11. The van der Waals surface area contributed by atoms with Crippen LogP contribution in [0.3, 0.4) is 0 Å². The summed E-state index contributed by atoms with van der Waals surface area (Å²) in [6.07, 6.45) is 0. The van der Waals surface area contributed by atoms with Crippen molar-refractivity contribution in [3.05, 3.63) is 66.2 Å². The molecule has 0 atom stereocenters. The Morgan fingerprint density at radius 1 is 0.958 bits per heavy atom. The molecule has 0 fully saturated rings. The van der Waals surface area contributed by atoms with Crippen molar-refractivity contribution in [3.8, 4) is 11.3 Å². The summed E-state index contributed by atoms with van der Waals surface area (Å²) in [6.45, 7) is 2.49. The van der Waals surface area contributed by atoms with Crippen molar-refractivity contribution < 1.29 is 5.11 Å². The fourth-order valence-electron chi connectivity index (χ4n) is 2.30. The average molecular weight is 320 g/mol. The molecule has 3 aromatic rings. The van der Waals surface area contributed by atoms with Gasteiger partial charge in [-0.05, 0) is 19.1 Å². The van der Waals surface area contributed by atoms with Gasteiger partial charge in [0, 0.05) is 23.9 Å². The zero-order valence-electron chi connectivity index (χ0n) is 13.5. The van der Waals surface area contributed by atoms with Crippen LogP contribution in [0.15, 0.2) is 60.7 Å². The van der Waals surface area contributed by atoms with Crippen molar-refractivity contribution in [1.29, 1.82) is 0 Å². The van der Waals surface area contributed by atoms with Crippen molar-refractivity contribution in [2.45, 2.75) is 6.92 Å². The van der Waals surface area contributed by atoms with Crippen molar-refractivity contribution in [2.24, 2.45) is 0 Å². The zero-order chi connectivity index (χ0) is 16.8. The zero-order valence-corrected chi connectivity index (χ0v) is 13.5. The molecule has 122 valence electrons. The van der Waals surface area contributed by atoms with Crippen LogP contribution in [0.1, 0.15) is 5.56 Å². The molecule has 0 unspecified atom stereocenters. The summed E-state index contributed by atoms with van der Waals surface area (Å²) in [5, 5.41) is 15.3. The van der Waals surface area contributed by atoms with E-state index in [1.54, 1.807) is 0 Å². The van der Waals surface area contributed by atoms with Crippen molar-refractivity contribution in [1.82, 2.24) is 9.97 Å². The van der Waals surface area contributed by atoms with E-state index in [1.165, 1.54) is 5.56 Å². The third-order valence-corrected chi connectivity index (χ3v) is 3.51. The molecule has 2 aromatic carbocycles. The van der Waals surface area contributed by atoms with E-state index in [9.17, 15) is 0 Å². The number of anilines is 3. The van der Waals surface area contributed by atoms with Crippen molar-refractivity contribution in [2.75, 3.05) is 23.8 Å². The lowest BCUT2D eigenvalue weighted by atomic mass is 10.1. The number of rotatable bonds is 6. The number of hydrogen-bond acceptors (Lipinski definition) is 5. The lowest BCUT2D eigenvalue weighted by molar-refractivity contribution is 0.311. The molecule has 3 rings (SSSR count). The first kappa shape index (κ1) is 16.0. The molecule has 0 aliphatic carbocycles. The summed E-state index contributed by atoms with van der Waals surface area (Å²) >= 11 is 0. The summed E-state index contributed by atoms with van der Waals surface area (Å²) in [7, 11) is 0. The van der Waals surface area contributed by atoms with Gasteiger partial charge in [0.1, 0.15) is 5.82 Å². The highest BCUT2D eigenvalue weighted by atomic mass is 16.3. The Bertz CT molecular complexity index is 788. The third kappa shape index (κ3) is 4.08. The van der Waals surface area contributed by atoms with E-state index >= 15 is 0 Å². The molecule has 1 aromatic heterocycles. The Kier molecular flexibility index (Phi) is 5.03. The third-order valence-electron chi connectivity index (χ3n) is 3.51. The lowest BCUT2D eigenvalue weighted by Crippen LogP contribution is -2.10. The van der Waals surface area contributed by atoms with Gasteiger partial charge in [0.05, 0.1) is 12.3 Å². The molecule has 0 aliphatic heterocycles. The molecule has 0 spiro atoms. The molecule has 0 aliphatic rings. The Balaban J connectivity index is 1.93. The van der Waals surface area contributed by atoms with E-state index in [0.717, 1.165) is 16.9 Å². The second kappa shape index (κ2) is 7.57. The van der Waals surface area contributed by atoms with Crippen LogP contribution in [0.4, 0.5) is 17.5 Å². The molecule has 0 bridgehead atoms. The van der Waals surface area contributed by atoms with Gasteiger partial charge >= 0.3 is 0 Å². The predicted octanol–water partition coefficient (Wildman–Crippen LogP) is 3.60. The van der Waals surface area contributed by atoms with E-state index in [2.05, 4.69) is 27.5 Å². The van der Waals surface area contributed by atoms with Gasteiger partial charge in [-0.25, -0.2) is 4.98 Å². The fourth-order valence-corrected chi connectivity index (χ4v) is 2.30. The highest BCUT2D eigenvalue weighted by molar-refractivity contribution is 5.67. The minimum atomic E-state index is 0.0274. The van der Waals surface area contributed by atoms with Crippen LogP contribution in [0.25, 0.3) is 11.3 Å². The van der Waals surface area contributed by atoms with Gasteiger partial charge in [-0.2, -0.15) is 4.98 Å². The summed E-state index contributed by atoms with van der Waals surface area (Å²) in [4.78, 5) is 8.99. The molecule has 0 saturated heterocycles. The Morgan fingerprint density at radius 2 is 1.71 bits per heavy atom. The number of nitrogens with one attached hydrogen (secondary N) is 2.